The van der Waals surface area contributed by atoms with E-state index in [1.165, 1.54) is 18.4 Å². The molecule has 0 saturated carbocycles. The van der Waals surface area contributed by atoms with Gasteiger partial charge in [0.25, 0.3) is 0 Å². The molecule has 1 aliphatic rings. The number of benzene rings is 1. The number of ether oxygens (including phenoxy) is 1. The molecule has 1 heterocycles. The normalized spacial score (nSPS) is 20.4. The zero-order valence-corrected chi connectivity index (χ0v) is 12.8. The molecule has 0 radical (unpaired) electrons. The first-order valence-corrected chi connectivity index (χ1v) is 7.91. The lowest BCUT2D eigenvalue weighted by molar-refractivity contribution is 0.0826. The second-order valence-electron chi connectivity index (χ2n) is 5.65. The molecule has 1 aliphatic heterocycles. The van der Waals surface area contributed by atoms with Gasteiger partial charge < -0.3 is 10.1 Å². The predicted octanol–water partition coefficient (Wildman–Crippen LogP) is 2.67. The van der Waals surface area contributed by atoms with Crippen molar-refractivity contribution in [2.75, 3.05) is 26.2 Å². The summed E-state index contributed by atoms with van der Waals surface area (Å²) in [5.41, 5.74) is 1.39. The Kier molecular flexibility index (Phi) is 6.51. The molecule has 1 N–H and O–H groups in total. The van der Waals surface area contributed by atoms with Gasteiger partial charge in [0.1, 0.15) is 0 Å². The Morgan fingerprint density at radius 1 is 1.35 bits per heavy atom. The molecule has 1 fully saturated rings. The van der Waals surface area contributed by atoms with Gasteiger partial charge in [-0.2, -0.15) is 0 Å². The quantitative estimate of drug-likeness (QED) is 0.790. The highest BCUT2D eigenvalue weighted by Crippen LogP contribution is 2.15. The summed E-state index contributed by atoms with van der Waals surface area (Å²) < 4.78 is 5.72. The topological polar surface area (TPSA) is 24.5 Å². The Morgan fingerprint density at radius 3 is 2.80 bits per heavy atom. The number of likely N-dealkylation sites (N-methyl/N-ethyl adjacent to an activating group) is 1. The molecule has 0 amide bonds. The second-order valence-corrected chi connectivity index (χ2v) is 5.65. The predicted molar refractivity (Wildman–Crippen MR) is 83.8 cm³/mol. The smallest absolute Gasteiger partial charge is 0.0726 e. The van der Waals surface area contributed by atoms with Crippen molar-refractivity contribution >= 4 is 0 Å². The van der Waals surface area contributed by atoms with Crippen LogP contribution in [0.3, 0.4) is 0 Å². The summed E-state index contributed by atoms with van der Waals surface area (Å²) in [4.78, 5) is 2.48. The standard InChI is InChI=1S/C17H28N2O/c1-3-19(14-16-8-5-4-6-9-16)12-11-18-15(2)17-10-7-13-20-17/h4-6,8-9,15,17-18H,3,7,10-14H2,1-2H3. The lowest BCUT2D eigenvalue weighted by atomic mass is 10.1. The summed E-state index contributed by atoms with van der Waals surface area (Å²) >= 11 is 0. The largest absolute Gasteiger partial charge is 0.377 e. The SMILES string of the molecule is CCN(CCNC(C)C1CCCO1)Cc1ccccc1. The Morgan fingerprint density at radius 2 is 2.15 bits per heavy atom. The average molecular weight is 276 g/mol. The lowest BCUT2D eigenvalue weighted by Gasteiger charge is -2.24. The van der Waals surface area contributed by atoms with Gasteiger partial charge in [-0.1, -0.05) is 37.3 Å². The average Bonchev–Trinajstić information content (AvgIpc) is 3.01. The highest BCUT2D eigenvalue weighted by atomic mass is 16.5. The molecule has 0 aliphatic carbocycles. The van der Waals surface area contributed by atoms with E-state index in [1.807, 2.05) is 0 Å². The summed E-state index contributed by atoms with van der Waals surface area (Å²) in [6.07, 6.45) is 2.83. The van der Waals surface area contributed by atoms with Gasteiger partial charge in [0, 0.05) is 32.3 Å². The van der Waals surface area contributed by atoms with Crippen molar-refractivity contribution in [1.29, 1.82) is 0 Å². The van der Waals surface area contributed by atoms with Crippen LogP contribution in [0.25, 0.3) is 0 Å². The van der Waals surface area contributed by atoms with E-state index in [1.54, 1.807) is 0 Å². The molecule has 3 nitrogen and oxygen atoms in total. The molecule has 0 bridgehead atoms. The van der Waals surface area contributed by atoms with Gasteiger partial charge in [0.2, 0.25) is 0 Å². The van der Waals surface area contributed by atoms with Crippen LogP contribution in [0.1, 0.15) is 32.3 Å². The first kappa shape index (κ1) is 15.5. The fourth-order valence-electron chi connectivity index (χ4n) is 2.77. The third kappa shape index (κ3) is 4.89. The molecule has 0 aromatic heterocycles. The Labute approximate surface area is 123 Å². The maximum Gasteiger partial charge on any atom is 0.0726 e. The van der Waals surface area contributed by atoms with Crippen LogP contribution in [-0.4, -0.2) is 43.3 Å². The lowest BCUT2D eigenvalue weighted by Crippen LogP contribution is -2.41. The molecule has 1 aromatic carbocycles. The fourth-order valence-corrected chi connectivity index (χ4v) is 2.77. The van der Waals surface area contributed by atoms with Gasteiger partial charge in [-0.15, -0.1) is 0 Å². The monoisotopic (exact) mass is 276 g/mol. The zero-order valence-electron chi connectivity index (χ0n) is 12.8. The van der Waals surface area contributed by atoms with Crippen LogP contribution in [0.2, 0.25) is 0 Å². The molecule has 2 atom stereocenters. The summed E-state index contributed by atoms with van der Waals surface area (Å²) in [5.74, 6) is 0. The van der Waals surface area contributed by atoms with Gasteiger partial charge in [0.15, 0.2) is 0 Å². The van der Waals surface area contributed by atoms with E-state index < -0.39 is 0 Å². The van der Waals surface area contributed by atoms with E-state index in [9.17, 15) is 0 Å². The summed E-state index contributed by atoms with van der Waals surface area (Å²) in [7, 11) is 0. The van der Waals surface area contributed by atoms with Crippen LogP contribution in [-0.2, 0) is 11.3 Å². The third-order valence-electron chi connectivity index (χ3n) is 4.11. The van der Waals surface area contributed by atoms with Crippen molar-refractivity contribution in [3.8, 4) is 0 Å². The minimum absolute atomic E-state index is 0.416. The molecule has 20 heavy (non-hydrogen) atoms. The molecule has 1 saturated heterocycles. The maximum absolute atomic E-state index is 5.72. The first-order valence-electron chi connectivity index (χ1n) is 7.91. The molecular weight excluding hydrogens is 248 g/mol. The van der Waals surface area contributed by atoms with Crippen molar-refractivity contribution in [2.24, 2.45) is 0 Å². The van der Waals surface area contributed by atoms with Crippen LogP contribution in [0.4, 0.5) is 0 Å². The van der Waals surface area contributed by atoms with E-state index in [4.69, 9.17) is 4.74 Å². The van der Waals surface area contributed by atoms with Gasteiger partial charge in [0.05, 0.1) is 6.10 Å². The molecular formula is C17H28N2O. The van der Waals surface area contributed by atoms with Crippen LogP contribution in [0.5, 0.6) is 0 Å². The maximum atomic E-state index is 5.72. The first-order chi connectivity index (χ1) is 9.79. The number of rotatable bonds is 8. The van der Waals surface area contributed by atoms with Crippen LogP contribution in [0.15, 0.2) is 30.3 Å². The van der Waals surface area contributed by atoms with Crippen LogP contribution < -0.4 is 5.32 Å². The molecule has 3 heteroatoms. The van der Waals surface area contributed by atoms with Gasteiger partial charge >= 0.3 is 0 Å². The van der Waals surface area contributed by atoms with Crippen molar-refractivity contribution < 1.29 is 4.74 Å². The van der Waals surface area contributed by atoms with E-state index in [-0.39, 0.29) is 0 Å². The number of hydrogen-bond donors (Lipinski definition) is 1. The summed E-state index contributed by atoms with van der Waals surface area (Å²) in [6, 6.07) is 11.2. The Balaban J connectivity index is 1.68. The highest BCUT2D eigenvalue weighted by Gasteiger charge is 2.21. The van der Waals surface area contributed by atoms with Crippen molar-refractivity contribution in [3.05, 3.63) is 35.9 Å². The highest BCUT2D eigenvalue weighted by molar-refractivity contribution is 5.14. The molecule has 1 aromatic rings. The number of nitrogens with zero attached hydrogens (tertiary/aromatic N) is 1. The minimum Gasteiger partial charge on any atom is -0.377 e. The van der Waals surface area contributed by atoms with E-state index >= 15 is 0 Å². The molecule has 112 valence electrons. The molecule has 0 spiro atoms. The Hall–Kier alpha value is -0.900. The van der Waals surface area contributed by atoms with Crippen molar-refractivity contribution in [2.45, 2.75) is 45.4 Å². The van der Waals surface area contributed by atoms with Crippen LogP contribution >= 0.6 is 0 Å². The van der Waals surface area contributed by atoms with Crippen molar-refractivity contribution in [1.82, 2.24) is 10.2 Å². The number of hydrogen-bond acceptors (Lipinski definition) is 3. The Bertz CT molecular complexity index is 363. The summed E-state index contributed by atoms with van der Waals surface area (Å²) in [6.45, 7) is 9.64. The van der Waals surface area contributed by atoms with E-state index in [2.05, 4.69) is 54.4 Å². The zero-order chi connectivity index (χ0) is 14.2. The van der Waals surface area contributed by atoms with Gasteiger partial charge in [-0.05, 0) is 31.9 Å². The minimum atomic E-state index is 0.416. The fraction of sp³-hybridized carbons (Fsp3) is 0.647. The molecule has 2 unspecified atom stereocenters. The molecule has 2 rings (SSSR count). The van der Waals surface area contributed by atoms with E-state index in [0.717, 1.165) is 32.8 Å². The van der Waals surface area contributed by atoms with E-state index in [0.29, 0.717) is 12.1 Å². The van der Waals surface area contributed by atoms with Gasteiger partial charge in [-0.25, -0.2) is 0 Å². The second kappa shape index (κ2) is 8.40. The van der Waals surface area contributed by atoms with Gasteiger partial charge in [-0.3, -0.25) is 4.90 Å². The van der Waals surface area contributed by atoms with Crippen molar-refractivity contribution in [3.63, 3.8) is 0 Å². The number of nitrogens with one attached hydrogen (secondary N) is 1. The third-order valence-corrected chi connectivity index (χ3v) is 4.11. The van der Waals surface area contributed by atoms with Crippen LogP contribution in [0, 0.1) is 0 Å². The summed E-state index contributed by atoms with van der Waals surface area (Å²) in [5, 5.41) is 3.61.